The molecule has 4 aliphatic carbocycles. The molecule has 0 aromatic rings. The summed E-state index contributed by atoms with van der Waals surface area (Å²) in [4.78, 5) is 5.23. The highest BCUT2D eigenvalue weighted by Crippen LogP contribution is 2.67. The van der Waals surface area contributed by atoms with Gasteiger partial charge in [-0.05, 0) is 120 Å². The molecule has 0 radical (unpaired) electrons. The van der Waals surface area contributed by atoms with Gasteiger partial charge in [-0.2, -0.15) is 0 Å². The molecule has 0 spiro atoms. The highest BCUT2D eigenvalue weighted by atomic mass is 28.4. The molecule has 0 aliphatic heterocycles. The average molecular weight is 506 g/mol. The molecule has 0 saturated heterocycles. The van der Waals surface area contributed by atoms with Crippen molar-refractivity contribution in [2.24, 2.45) is 39.7 Å². The Kier molecular flexibility index (Phi) is 7.16. The Morgan fingerprint density at radius 2 is 1.65 bits per heavy atom. The van der Waals surface area contributed by atoms with E-state index in [4.69, 9.17) is 13.7 Å². The van der Waals surface area contributed by atoms with Gasteiger partial charge in [0.05, 0.1) is 11.8 Å². The standard InChI is InChI=1S/C28H51NO3Si2/c1-19(29-30-4)23-13-14-24-22-12-11-20-17-21(31-33(5,6)7)15-16-27(20,2)26(22)25(18-28(23,24)3)32-34(8,9)10/h17,21-26H,11-16,18H2,1-10H3/t21-,22?,23+,24?,25-,26?,27-,28+/m0/s1. The van der Waals surface area contributed by atoms with Gasteiger partial charge in [0.25, 0.3) is 0 Å². The number of hydrogen-bond acceptors (Lipinski definition) is 4. The van der Waals surface area contributed by atoms with Crippen molar-refractivity contribution in [1.82, 2.24) is 0 Å². The van der Waals surface area contributed by atoms with Crippen LogP contribution in [0.2, 0.25) is 39.3 Å². The molecule has 0 amide bonds. The van der Waals surface area contributed by atoms with Gasteiger partial charge in [0, 0.05) is 12.0 Å². The third-order valence-corrected chi connectivity index (χ3v) is 11.7. The van der Waals surface area contributed by atoms with Crippen LogP contribution in [0.1, 0.15) is 65.7 Å². The van der Waals surface area contributed by atoms with Crippen LogP contribution in [0.5, 0.6) is 0 Å². The van der Waals surface area contributed by atoms with E-state index in [2.05, 4.69) is 71.3 Å². The minimum atomic E-state index is -1.69. The van der Waals surface area contributed by atoms with E-state index < -0.39 is 16.6 Å². The lowest BCUT2D eigenvalue weighted by Gasteiger charge is -2.62. The lowest BCUT2D eigenvalue weighted by molar-refractivity contribution is -0.118. The molecule has 6 heteroatoms. The maximum absolute atomic E-state index is 7.15. The van der Waals surface area contributed by atoms with Crippen LogP contribution in [0, 0.1) is 34.5 Å². The van der Waals surface area contributed by atoms with E-state index >= 15 is 0 Å². The second-order valence-corrected chi connectivity index (χ2v) is 23.2. The van der Waals surface area contributed by atoms with Gasteiger partial charge in [-0.1, -0.05) is 30.7 Å². The van der Waals surface area contributed by atoms with Crippen molar-refractivity contribution in [3.05, 3.63) is 11.6 Å². The molecule has 4 aliphatic rings. The maximum Gasteiger partial charge on any atom is 0.184 e. The number of fused-ring (bicyclic) bond motifs is 5. The molecule has 8 atom stereocenters. The maximum atomic E-state index is 7.15. The first-order chi connectivity index (χ1) is 15.7. The van der Waals surface area contributed by atoms with E-state index in [1.807, 2.05) is 0 Å². The normalized spacial score (nSPS) is 43.0. The number of oxime groups is 1. The van der Waals surface area contributed by atoms with E-state index in [0.29, 0.717) is 24.0 Å². The molecule has 3 fully saturated rings. The van der Waals surface area contributed by atoms with Gasteiger partial charge >= 0.3 is 0 Å². The molecule has 0 aromatic carbocycles. The van der Waals surface area contributed by atoms with E-state index in [-0.39, 0.29) is 10.8 Å². The predicted molar refractivity (Wildman–Crippen MR) is 147 cm³/mol. The average Bonchev–Trinajstić information content (AvgIpc) is 3.02. The second kappa shape index (κ2) is 9.14. The van der Waals surface area contributed by atoms with Crippen molar-refractivity contribution in [1.29, 1.82) is 0 Å². The van der Waals surface area contributed by atoms with Crippen LogP contribution in [0.3, 0.4) is 0 Å². The Hall–Kier alpha value is -0.436. The van der Waals surface area contributed by atoms with Crippen LogP contribution in [-0.4, -0.2) is 41.7 Å². The fraction of sp³-hybridized carbons (Fsp3) is 0.893. The van der Waals surface area contributed by atoms with Crippen molar-refractivity contribution in [3.63, 3.8) is 0 Å². The Labute approximate surface area is 211 Å². The lowest BCUT2D eigenvalue weighted by atomic mass is 9.46. The minimum Gasteiger partial charge on any atom is -0.414 e. The molecule has 194 valence electrons. The van der Waals surface area contributed by atoms with Crippen LogP contribution in [0.15, 0.2) is 16.8 Å². The fourth-order valence-electron chi connectivity index (χ4n) is 8.79. The van der Waals surface area contributed by atoms with E-state index in [1.165, 1.54) is 44.2 Å². The quantitative estimate of drug-likeness (QED) is 0.161. The third kappa shape index (κ3) is 4.90. The molecular formula is C28H51NO3Si2. The zero-order chi connectivity index (χ0) is 25.1. The number of nitrogens with zero attached hydrogens (tertiary/aromatic N) is 1. The second-order valence-electron chi connectivity index (χ2n) is 14.3. The molecule has 0 heterocycles. The summed E-state index contributed by atoms with van der Waals surface area (Å²) in [6.45, 7) is 21.4. The van der Waals surface area contributed by atoms with E-state index in [1.54, 1.807) is 12.7 Å². The highest BCUT2D eigenvalue weighted by molar-refractivity contribution is 6.70. The fourth-order valence-corrected chi connectivity index (χ4v) is 11.0. The SMILES string of the molecule is CON=C(C)[C@H]1CCC2C3CCC4=C[C@@H](O[Si](C)(C)C)CC[C@]4(C)C3[C@@H](O[Si](C)(C)C)C[C@@]21C. The lowest BCUT2D eigenvalue weighted by Crippen LogP contribution is -2.59. The highest BCUT2D eigenvalue weighted by Gasteiger charge is 2.63. The zero-order valence-corrected chi connectivity index (χ0v) is 25.7. The van der Waals surface area contributed by atoms with Gasteiger partial charge < -0.3 is 13.7 Å². The van der Waals surface area contributed by atoms with Gasteiger partial charge in [0.15, 0.2) is 16.6 Å². The number of rotatable bonds is 6. The van der Waals surface area contributed by atoms with Gasteiger partial charge in [0.2, 0.25) is 0 Å². The molecule has 0 N–H and O–H groups in total. The summed E-state index contributed by atoms with van der Waals surface area (Å²) >= 11 is 0. The number of hydrogen-bond donors (Lipinski definition) is 0. The largest absolute Gasteiger partial charge is 0.414 e. The molecule has 34 heavy (non-hydrogen) atoms. The molecule has 4 rings (SSSR count). The molecule has 0 aromatic heterocycles. The van der Waals surface area contributed by atoms with Gasteiger partial charge in [-0.25, -0.2) is 0 Å². The summed E-state index contributed by atoms with van der Waals surface area (Å²) in [5, 5.41) is 4.43. The summed E-state index contributed by atoms with van der Waals surface area (Å²) in [5.74, 6) is 2.65. The van der Waals surface area contributed by atoms with Crippen LogP contribution in [0.25, 0.3) is 0 Å². The molecule has 4 nitrogen and oxygen atoms in total. The monoisotopic (exact) mass is 505 g/mol. The van der Waals surface area contributed by atoms with Crippen molar-refractivity contribution < 1.29 is 13.7 Å². The third-order valence-electron chi connectivity index (χ3n) is 9.73. The van der Waals surface area contributed by atoms with Crippen LogP contribution < -0.4 is 0 Å². The van der Waals surface area contributed by atoms with Gasteiger partial charge in [0.1, 0.15) is 7.11 Å². The molecule has 3 saturated carbocycles. The molecule has 0 bridgehead atoms. The summed E-state index contributed by atoms with van der Waals surface area (Å²) in [5.41, 5.74) is 3.38. The van der Waals surface area contributed by atoms with E-state index in [9.17, 15) is 0 Å². The van der Waals surface area contributed by atoms with Crippen molar-refractivity contribution in [2.75, 3.05) is 7.11 Å². The Bertz CT molecular complexity index is 828. The molecule has 3 unspecified atom stereocenters. The first-order valence-corrected chi connectivity index (χ1v) is 20.6. The smallest absolute Gasteiger partial charge is 0.184 e. The topological polar surface area (TPSA) is 40.0 Å². The summed E-state index contributed by atoms with van der Waals surface area (Å²) < 4.78 is 13.7. The van der Waals surface area contributed by atoms with Crippen molar-refractivity contribution in [3.8, 4) is 0 Å². The van der Waals surface area contributed by atoms with E-state index in [0.717, 1.165) is 18.3 Å². The van der Waals surface area contributed by atoms with Gasteiger partial charge in [-0.15, -0.1) is 0 Å². The van der Waals surface area contributed by atoms with Crippen LogP contribution >= 0.6 is 0 Å². The Balaban J connectivity index is 1.70. The number of allylic oxidation sites excluding steroid dienone is 1. The molecular weight excluding hydrogens is 454 g/mol. The summed E-state index contributed by atoms with van der Waals surface area (Å²) in [6, 6.07) is 0. The van der Waals surface area contributed by atoms with Crippen molar-refractivity contribution in [2.45, 2.75) is 117 Å². The van der Waals surface area contributed by atoms with Crippen LogP contribution in [0.4, 0.5) is 0 Å². The zero-order valence-electron chi connectivity index (χ0n) is 23.7. The first-order valence-electron chi connectivity index (χ1n) is 13.8. The van der Waals surface area contributed by atoms with Gasteiger partial charge in [-0.3, -0.25) is 0 Å². The summed E-state index contributed by atoms with van der Waals surface area (Å²) in [6.07, 6.45) is 11.9. The summed E-state index contributed by atoms with van der Waals surface area (Å²) in [7, 11) is -1.55. The Morgan fingerprint density at radius 1 is 0.971 bits per heavy atom. The predicted octanol–water partition coefficient (Wildman–Crippen LogP) is 7.64. The Morgan fingerprint density at radius 3 is 2.26 bits per heavy atom. The minimum absolute atomic E-state index is 0.252. The van der Waals surface area contributed by atoms with Crippen LogP contribution in [-0.2, 0) is 13.7 Å². The van der Waals surface area contributed by atoms with Crippen molar-refractivity contribution >= 4 is 22.3 Å². The first kappa shape index (κ1) is 26.6.